The maximum absolute atomic E-state index is 15.3. The van der Waals surface area contributed by atoms with Crippen molar-refractivity contribution in [3.8, 4) is 101 Å². The lowest BCUT2D eigenvalue weighted by atomic mass is 9.43. The first-order chi connectivity index (χ1) is 63.8. The fraction of sp³-hybridized carbons (Fsp3) is 0.205. The summed E-state index contributed by atoms with van der Waals surface area (Å²) in [5, 5.41) is 9.84. The second-order valence-corrected chi connectivity index (χ2v) is 39.1. The smallest absolute Gasteiger partial charge is 0.194 e. The lowest BCUT2D eigenvalue weighted by Crippen LogP contribution is -2.55. The fourth-order valence-corrected chi connectivity index (χ4v) is 27.2. The first kappa shape index (κ1) is 75.5. The van der Waals surface area contributed by atoms with E-state index in [9.17, 15) is 4.39 Å². The van der Waals surface area contributed by atoms with Gasteiger partial charge in [0.1, 0.15) is 24.3 Å². The Hall–Kier alpha value is -14.6. The minimum Gasteiger partial charge on any atom is -0.309 e. The maximum Gasteiger partial charge on any atom is 0.194 e. The third-order valence-electron chi connectivity index (χ3n) is 32.0. The van der Waals surface area contributed by atoms with E-state index in [0.717, 1.165) is 134 Å². The molecule has 8 fully saturated rings. The number of aryl methyl sites for hydroxylation is 1. The van der Waals surface area contributed by atoms with Gasteiger partial charge in [-0.05, 0) is 286 Å². The number of aromatic nitrogens is 10. The van der Waals surface area contributed by atoms with Gasteiger partial charge in [-0.2, -0.15) is 0 Å². The highest BCUT2D eigenvalue weighted by molar-refractivity contribution is 6.23. The van der Waals surface area contributed by atoms with Gasteiger partial charge in [-0.15, -0.1) is 0 Å². The van der Waals surface area contributed by atoms with Gasteiger partial charge in [0.2, 0.25) is 0 Å². The number of halogens is 2. The van der Waals surface area contributed by atoms with Crippen molar-refractivity contribution in [1.82, 2.24) is 49.0 Å². The Labute approximate surface area is 750 Å². The van der Waals surface area contributed by atoms with Crippen molar-refractivity contribution < 1.29 is 8.78 Å². The SMILES string of the molecule is Fc1cnc2c(c1)cc(-n1c3cc(-c4ccc5c(c4)-c4cc(-c6ncncn6)ccc4C54C5CC6CC(C5)CC4C6)ccc3c3ccc4ccccc4c31)c1cc(F)cnc12.[C-]#[N+]c1cccc2c1ccc1c3cc(-c4ccc5c(c4)-c4cc(C)ccc4C54C5CC6CC(C5)CC4C6)ccc3n(-c3cccc(-c4nc(-c5ccccc5)nc(-c5cccc(C(C)C)c5)n4)c3)c21. The zero-order valence-electron chi connectivity index (χ0n) is 72.2. The zero-order chi connectivity index (χ0) is 86.3. The van der Waals surface area contributed by atoms with Crippen LogP contribution in [0.1, 0.15) is 117 Å². The predicted molar refractivity (Wildman–Crippen MR) is 518 cm³/mol. The molecule has 30 rings (SSSR count). The van der Waals surface area contributed by atoms with Crippen molar-refractivity contribution in [1.29, 1.82) is 0 Å². The van der Waals surface area contributed by atoms with Crippen LogP contribution in [0.25, 0.3) is 193 Å². The molecule has 0 saturated heterocycles. The summed E-state index contributed by atoms with van der Waals surface area (Å²) in [5.41, 5.74) is 30.4. The molecule has 6 aromatic heterocycles. The third kappa shape index (κ3) is 11.2. The van der Waals surface area contributed by atoms with E-state index in [2.05, 4.69) is 278 Å². The molecule has 10 aliphatic carbocycles. The molecule has 14 aromatic carbocycles. The number of nitrogens with zero attached hydrogens (tertiary/aromatic N) is 11. The summed E-state index contributed by atoms with van der Waals surface area (Å²) in [6, 6.07) is 98.3. The molecule has 2 spiro atoms. The van der Waals surface area contributed by atoms with Gasteiger partial charge in [0.15, 0.2) is 29.0 Å². The topological polar surface area (TPSA) is 117 Å². The molecule has 11 nitrogen and oxygen atoms in total. The zero-order valence-corrected chi connectivity index (χ0v) is 72.2. The second kappa shape index (κ2) is 28.4. The van der Waals surface area contributed by atoms with Crippen molar-refractivity contribution in [2.75, 3.05) is 0 Å². The molecule has 0 N–H and O–H groups in total. The van der Waals surface area contributed by atoms with Gasteiger partial charge >= 0.3 is 0 Å². The molecule has 0 amide bonds. The van der Waals surface area contributed by atoms with E-state index >= 15 is 4.39 Å². The molecule has 10 aliphatic rings. The number of hydrogen-bond donors (Lipinski definition) is 0. The first-order valence-corrected chi connectivity index (χ1v) is 46.4. The molecule has 8 bridgehead atoms. The Kier molecular flexibility index (Phi) is 16.5. The van der Waals surface area contributed by atoms with E-state index in [-0.39, 0.29) is 10.8 Å². The largest absolute Gasteiger partial charge is 0.309 e. The molecule has 130 heavy (non-hydrogen) atoms. The third-order valence-corrected chi connectivity index (χ3v) is 32.0. The molecule has 13 heteroatoms. The summed E-state index contributed by atoms with van der Waals surface area (Å²) < 4.78 is 34.8. The Morgan fingerprint density at radius 2 is 0.854 bits per heavy atom. The standard InChI is InChI=1S/C64H51N5.C53H36F2N6/c1-37(2)42-13-8-14-45(33-42)62-66-61(41-11-6-5-7-12-41)67-63(68-62)46-15-9-16-49(34-46)69-59-26-21-44(36-55(59)52-23-22-50-51(60(52)69)17-10-18-58(50)65-4)43-20-25-57-54(35-43)53-27-38(3)19-24-56(53)64(57)47-29-39-28-40(31-47)32-48(64)30-39;54-37-18-34-22-48(44-23-38(55)25-58-50(44)49(34)57-24-37)61-47-21-32(6-9-40(47)41-10-5-30-3-1-2-4-39(30)51(41)61)31-7-11-45-42(19-31)43-20-33(52-59-26-56-27-60-52)8-12-46(43)53(45)35-14-28-13-29(16-35)17-36(53)15-28/h5-27,33-37,39-40,47-48H,28-32H2,1-3H3;1-12,18-29,35-36H,13-17H2. The van der Waals surface area contributed by atoms with Crippen LogP contribution in [0.4, 0.5) is 14.5 Å². The van der Waals surface area contributed by atoms with Gasteiger partial charge in [-0.3, -0.25) is 9.97 Å². The van der Waals surface area contributed by atoms with Crippen LogP contribution in [0.2, 0.25) is 0 Å². The van der Waals surface area contributed by atoms with E-state index in [1.54, 1.807) is 23.8 Å². The minimum absolute atomic E-state index is 0.0143. The average Bonchev–Trinajstić information content (AvgIpc) is 1.50. The molecule has 8 saturated carbocycles. The van der Waals surface area contributed by atoms with Gasteiger partial charge in [0.25, 0.3) is 0 Å². The lowest BCUT2D eigenvalue weighted by Gasteiger charge is -2.61. The van der Waals surface area contributed by atoms with Crippen molar-refractivity contribution in [3.05, 3.63) is 354 Å². The number of pyridine rings is 2. The van der Waals surface area contributed by atoms with Crippen LogP contribution in [0.15, 0.2) is 298 Å². The fourth-order valence-electron chi connectivity index (χ4n) is 27.2. The molecule has 20 aromatic rings. The van der Waals surface area contributed by atoms with Crippen molar-refractivity contribution in [2.45, 2.75) is 102 Å². The summed E-state index contributed by atoms with van der Waals surface area (Å²) in [7, 11) is 0. The molecular weight excluding hydrogens is 1600 g/mol. The predicted octanol–water partition coefficient (Wildman–Crippen LogP) is 29.0. The van der Waals surface area contributed by atoms with Gasteiger partial charge < -0.3 is 9.13 Å². The van der Waals surface area contributed by atoms with Crippen LogP contribution in [-0.2, 0) is 10.8 Å². The average molecular weight is 1690 g/mol. The molecular formula is C117H87F2N11. The summed E-state index contributed by atoms with van der Waals surface area (Å²) >= 11 is 0. The molecule has 624 valence electrons. The number of fused-ring (bicyclic) bond motifs is 19. The Bertz CT molecular complexity index is 8270. The van der Waals surface area contributed by atoms with E-state index in [4.69, 9.17) is 21.5 Å². The van der Waals surface area contributed by atoms with Crippen molar-refractivity contribution >= 4 is 92.6 Å². The summed E-state index contributed by atoms with van der Waals surface area (Å²) in [6.45, 7) is 14.8. The number of benzene rings is 14. The Morgan fingerprint density at radius 3 is 1.53 bits per heavy atom. The van der Waals surface area contributed by atoms with Crippen LogP contribution in [0.3, 0.4) is 0 Å². The molecule has 0 radical (unpaired) electrons. The van der Waals surface area contributed by atoms with Gasteiger partial charge in [0, 0.05) is 76.5 Å². The minimum atomic E-state index is -0.449. The van der Waals surface area contributed by atoms with Crippen molar-refractivity contribution in [3.63, 3.8) is 0 Å². The highest BCUT2D eigenvalue weighted by Gasteiger charge is 2.63. The van der Waals surface area contributed by atoms with Crippen LogP contribution in [0.5, 0.6) is 0 Å². The first-order valence-electron chi connectivity index (χ1n) is 46.4. The monoisotopic (exact) mass is 1680 g/mol. The summed E-state index contributed by atoms with van der Waals surface area (Å²) in [4.78, 5) is 41.5. The van der Waals surface area contributed by atoms with Crippen molar-refractivity contribution in [2.24, 2.45) is 47.3 Å². The normalized spacial score (nSPS) is 21.5. The van der Waals surface area contributed by atoms with Crippen LogP contribution in [-0.4, -0.2) is 49.0 Å². The number of hydrogen-bond acceptors (Lipinski definition) is 8. The molecule has 6 heterocycles. The Morgan fingerprint density at radius 1 is 0.354 bits per heavy atom. The summed E-state index contributed by atoms with van der Waals surface area (Å²) in [6.07, 6.45) is 19.2. The highest BCUT2D eigenvalue weighted by atomic mass is 19.1. The van der Waals surface area contributed by atoms with E-state index < -0.39 is 11.6 Å². The van der Waals surface area contributed by atoms with E-state index in [1.165, 1.54) is 150 Å². The quantitative estimate of drug-likeness (QED) is 0.104. The van der Waals surface area contributed by atoms with Crippen LogP contribution < -0.4 is 0 Å². The second-order valence-electron chi connectivity index (χ2n) is 39.1. The molecule has 0 unspecified atom stereocenters. The molecule has 0 aliphatic heterocycles. The number of rotatable bonds is 9. The van der Waals surface area contributed by atoms with E-state index in [1.807, 2.05) is 42.5 Å². The lowest BCUT2D eigenvalue weighted by molar-refractivity contribution is -0.0399. The summed E-state index contributed by atoms with van der Waals surface area (Å²) in [5.74, 6) is 8.34. The Balaban J connectivity index is 0.000000135. The maximum atomic E-state index is 15.3. The van der Waals surface area contributed by atoms with Crippen LogP contribution >= 0.6 is 0 Å². The van der Waals surface area contributed by atoms with Gasteiger partial charge in [-0.25, -0.2) is 43.5 Å². The van der Waals surface area contributed by atoms with E-state index in [0.29, 0.717) is 74.2 Å². The molecule has 0 atom stereocenters. The van der Waals surface area contributed by atoms with Gasteiger partial charge in [-0.1, -0.05) is 220 Å². The van der Waals surface area contributed by atoms with Crippen LogP contribution in [0, 0.1) is 72.5 Å². The highest BCUT2D eigenvalue weighted by Crippen LogP contribution is 2.72. The van der Waals surface area contributed by atoms with Gasteiger partial charge in [0.05, 0.1) is 57.8 Å².